The van der Waals surface area contributed by atoms with Gasteiger partial charge in [0.15, 0.2) is 0 Å². The van der Waals surface area contributed by atoms with E-state index in [0.717, 1.165) is 18.9 Å². The third-order valence-electron chi connectivity index (χ3n) is 5.05. The number of benzene rings is 2. The first-order valence-electron chi connectivity index (χ1n) is 9.66. The van der Waals surface area contributed by atoms with Crippen LogP contribution in [0.15, 0.2) is 53.1 Å². The lowest BCUT2D eigenvalue weighted by Gasteiger charge is -2.33. The number of piperidine rings is 1. The van der Waals surface area contributed by atoms with Gasteiger partial charge in [0.1, 0.15) is 6.04 Å². The van der Waals surface area contributed by atoms with Crippen molar-refractivity contribution in [2.75, 3.05) is 11.9 Å². The van der Waals surface area contributed by atoms with Crippen LogP contribution in [0.1, 0.15) is 36.8 Å². The summed E-state index contributed by atoms with van der Waals surface area (Å²) in [7, 11) is 0. The number of hydrogen-bond donors (Lipinski definition) is 1. The molecule has 1 atom stereocenters. The molecule has 1 aliphatic heterocycles. The number of hydrogen-bond acceptors (Lipinski definition) is 4. The third kappa shape index (κ3) is 4.66. The van der Waals surface area contributed by atoms with Crippen molar-refractivity contribution in [1.29, 1.82) is 0 Å². The summed E-state index contributed by atoms with van der Waals surface area (Å²) in [6, 6.07) is 10.6. The minimum absolute atomic E-state index is 0.230. The fraction of sp³-hybridized carbons (Fsp3) is 0.286. The third-order valence-corrected chi connectivity index (χ3v) is 5.28. The Balaban J connectivity index is 1.57. The number of para-hydroxylation sites is 1. The smallest absolute Gasteiger partial charge is 0.337 e. The number of halogens is 4. The van der Waals surface area contributed by atoms with Gasteiger partial charge in [0.2, 0.25) is 11.7 Å². The Hall–Kier alpha value is -3.07. The lowest BCUT2D eigenvalue weighted by molar-refractivity contribution is -0.136. The van der Waals surface area contributed by atoms with E-state index in [4.69, 9.17) is 16.1 Å². The van der Waals surface area contributed by atoms with Crippen LogP contribution >= 0.6 is 11.6 Å². The molecule has 0 spiro atoms. The highest BCUT2D eigenvalue weighted by Crippen LogP contribution is 2.36. The summed E-state index contributed by atoms with van der Waals surface area (Å²) in [5.41, 5.74) is -0.541. The first-order valence-corrected chi connectivity index (χ1v) is 10.0. The molecule has 1 aromatic heterocycles. The number of urea groups is 1. The molecule has 162 valence electrons. The molecule has 31 heavy (non-hydrogen) atoms. The second-order valence-corrected chi connectivity index (χ2v) is 7.58. The topological polar surface area (TPSA) is 71.3 Å². The molecule has 2 heterocycles. The van der Waals surface area contributed by atoms with Crippen molar-refractivity contribution in [3.8, 4) is 11.4 Å². The summed E-state index contributed by atoms with van der Waals surface area (Å²) < 4.78 is 45.2. The molecule has 0 bridgehead atoms. The van der Waals surface area contributed by atoms with Crippen molar-refractivity contribution in [3.05, 3.63) is 65.0 Å². The molecule has 1 unspecified atom stereocenters. The summed E-state index contributed by atoms with van der Waals surface area (Å²) in [5, 5.41) is 6.89. The molecule has 3 aromatic rings. The number of nitrogens with one attached hydrogen (secondary N) is 1. The summed E-state index contributed by atoms with van der Waals surface area (Å²) >= 11 is 6.01. The van der Waals surface area contributed by atoms with Crippen molar-refractivity contribution in [3.63, 3.8) is 0 Å². The van der Waals surface area contributed by atoms with Crippen LogP contribution < -0.4 is 5.32 Å². The quantitative estimate of drug-likeness (QED) is 0.518. The molecule has 4 rings (SSSR count). The fourth-order valence-electron chi connectivity index (χ4n) is 3.57. The summed E-state index contributed by atoms with van der Waals surface area (Å²) in [4.78, 5) is 18.7. The maximum Gasteiger partial charge on any atom is 0.418 e. The van der Waals surface area contributed by atoms with Gasteiger partial charge in [-0.05, 0) is 43.5 Å². The van der Waals surface area contributed by atoms with Gasteiger partial charge in [-0.15, -0.1) is 0 Å². The molecule has 0 saturated carbocycles. The standard InChI is InChI=1S/C21H18ClF3N4O2/c22-14-7-5-6-13(12-14)18-27-19(31-28-18)17-10-3-4-11-29(17)20(30)26-16-9-2-1-8-15(16)21(23,24)25/h1-2,5-9,12,17H,3-4,10-11H2,(H,26,30). The van der Waals surface area contributed by atoms with Gasteiger partial charge in [0.05, 0.1) is 11.3 Å². The molecule has 1 aliphatic rings. The van der Waals surface area contributed by atoms with Gasteiger partial charge < -0.3 is 14.7 Å². The molecule has 0 radical (unpaired) electrons. The molecule has 2 aromatic carbocycles. The predicted molar refractivity (Wildman–Crippen MR) is 109 cm³/mol. The van der Waals surface area contributed by atoms with Crippen molar-refractivity contribution in [2.24, 2.45) is 0 Å². The highest BCUT2D eigenvalue weighted by Gasteiger charge is 2.36. The average Bonchev–Trinajstić information content (AvgIpc) is 3.23. The lowest BCUT2D eigenvalue weighted by Crippen LogP contribution is -2.41. The Morgan fingerprint density at radius 1 is 1.16 bits per heavy atom. The largest absolute Gasteiger partial charge is 0.418 e. The number of carbonyl (C=O) groups is 1. The molecule has 10 heteroatoms. The zero-order valence-corrected chi connectivity index (χ0v) is 17.0. The van der Waals surface area contributed by atoms with E-state index in [2.05, 4.69) is 15.5 Å². The summed E-state index contributed by atoms with van der Waals surface area (Å²) in [5.74, 6) is 0.555. The first kappa shape index (κ1) is 21.2. The number of amides is 2. The number of rotatable bonds is 3. The number of nitrogens with zero attached hydrogens (tertiary/aromatic N) is 3. The average molecular weight is 451 g/mol. The number of likely N-dealkylation sites (tertiary alicyclic amines) is 1. The van der Waals surface area contributed by atoms with Crippen molar-refractivity contribution >= 4 is 23.3 Å². The van der Waals surface area contributed by atoms with Gasteiger partial charge in [0.25, 0.3) is 0 Å². The summed E-state index contributed by atoms with van der Waals surface area (Å²) in [6.07, 6.45) is -2.47. The zero-order valence-electron chi connectivity index (χ0n) is 16.2. The van der Waals surface area contributed by atoms with E-state index in [1.54, 1.807) is 24.3 Å². The number of aromatic nitrogens is 2. The minimum atomic E-state index is -4.58. The Morgan fingerprint density at radius 3 is 2.74 bits per heavy atom. The normalized spacial score (nSPS) is 16.9. The van der Waals surface area contributed by atoms with Crippen LogP contribution in [0.4, 0.5) is 23.7 Å². The highest BCUT2D eigenvalue weighted by molar-refractivity contribution is 6.30. The van der Waals surface area contributed by atoms with Crippen molar-refractivity contribution in [1.82, 2.24) is 15.0 Å². The highest BCUT2D eigenvalue weighted by atomic mass is 35.5. The van der Waals surface area contributed by atoms with Gasteiger partial charge in [-0.2, -0.15) is 18.2 Å². The SMILES string of the molecule is O=C(Nc1ccccc1C(F)(F)F)N1CCCCC1c1nc(-c2cccc(Cl)c2)no1. The van der Waals surface area contributed by atoms with E-state index in [1.807, 2.05) is 0 Å². The maximum absolute atomic E-state index is 13.3. The van der Waals surface area contributed by atoms with Crippen LogP contribution in [0, 0.1) is 0 Å². The van der Waals surface area contributed by atoms with Crippen LogP contribution in [0.3, 0.4) is 0 Å². The van der Waals surface area contributed by atoms with Gasteiger partial charge in [-0.25, -0.2) is 4.79 Å². The second-order valence-electron chi connectivity index (χ2n) is 7.15. The van der Waals surface area contributed by atoms with Crippen molar-refractivity contribution < 1.29 is 22.5 Å². The molecular weight excluding hydrogens is 433 g/mol. The number of carbonyl (C=O) groups excluding carboxylic acids is 1. The lowest BCUT2D eigenvalue weighted by atomic mass is 10.0. The van der Waals surface area contributed by atoms with E-state index in [1.165, 1.54) is 23.1 Å². The Kier molecular flexibility index (Phi) is 5.86. The van der Waals surface area contributed by atoms with Gasteiger partial charge in [0, 0.05) is 17.1 Å². The van der Waals surface area contributed by atoms with E-state index in [0.29, 0.717) is 29.4 Å². The van der Waals surface area contributed by atoms with E-state index in [9.17, 15) is 18.0 Å². The van der Waals surface area contributed by atoms with Gasteiger partial charge in [-0.3, -0.25) is 0 Å². The Morgan fingerprint density at radius 2 is 1.97 bits per heavy atom. The predicted octanol–water partition coefficient (Wildman–Crippen LogP) is 6.17. The van der Waals surface area contributed by atoms with E-state index < -0.39 is 23.8 Å². The Bertz CT molecular complexity index is 1090. The van der Waals surface area contributed by atoms with Gasteiger partial charge in [-0.1, -0.05) is 41.0 Å². The molecule has 1 N–H and O–H groups in total. The molecule has 1 fully saturated rings. The van der Waals surface area contributed by atoms with Crippen LogP contribution in [-0.2, 0) is 6.18 Å². The molecule has 0 aliphatic carbocycles. The van der Waals surface area contributed by atoms with Crippen molar-refractivity contribution in [2.45, 2.75) is 31.5 Å². The maximum atomic E-state index is 13.3. The molecule has 1 saturated heterocycles. The first-order chi connectivity index (χ1) is 14.8. The van der Waals surface area contributed by atoms with Gasteiger partial charge >= 0.3 is 12.2 Å². The van der Waals surface area contributed by atoms with Crippen LogP contribution in [0.2, 0.25) is 5.02 Å². The van der Waals surface area contributed by atoms with Crippen LogP contribution in [0.5, 0.6) is 0 Å². The second kappa shape index (κ2) is 8.58. The summed E-state index contributed by atoms with van der Waals surface area (Å²) in [6.45, 7) is 0.361. The van der Waals surface area contributed by atoms with Crippen LogP contribution in [0.25, 0.3) is 11.4 Å². The monoisotopic (exact) mass is 450 g/mol. The molecule has 6 nitrogen and oxygen atoms in total. The van der Waals surface area contributed by atoms with Crippen LogP contribution in [-0.4, -0.2) is 27.6 Å². The molecular formula is C21H18ClF3N4O2. The number of anilines is 1. The number of alkyl halides is 3. The fourth-order valence-corrected chi connectivity index (χ4v) is 3.76. The molecule has 2 amide bonds. The zero-order chi connectivity index (χ0) is 22.0. The van der Waals surface area contributed by atoms with E-state index >= 15 is 0 Å². The van der Waals surface area contributed by atoms with E-state index in [-0.39, 0.29) is 11.6 Å². The minimum Gasteiger partial charge on any atom is -0.337 e. The Labute approximate surface area is 181 Å².